The van der Waals surface area contributed by atoms with Gasteiger partial charge in [0, 0.05) is 26.2 Å². The van der Waals surface area contributed by atoms with E-state index in [9.17, 15) is 0 Å². The summed E-state index contributed by atoms with van der Waals surface area (Å²) in [5.74, 6) is 0. The standard InChI is InChI=1S/C12H17NO.CH4O/c1-11(12-5-3-2-4-6-12)13-7-9-14-10-8-13;1-2/h2-6,11H,7-10H2,1H3;2H,1H3/t11-;/m0./s1. The zero-order valence-electron chi connectivity index (χ0n) is 10.1. The molecule has 0 saturated carbocycles. The van der Waals surface area contributed by atoms with Crippen LogP contribution in [0, 0.1) is 0 Å². The zero-order valence-corrected chi connectivity index (χ0v) is 10.1. The summed E-state index contributed by atoms with van der Waals surface area (Å²) in [6.07, 6.45) is 0. The van der Waals surface area contributed by atoms with E-state index in [0.717, 1.165) is 33.4 Å². The molecule has 16 heavy (non-hydrogen) atoms. The van der Waals surface area contributed by atoms with Crippen molar-refractivity contribution in [2.75, 3.05) is 33.4 Å². The van der Waals surface area contributed by atoms with Gasteiger partial charge in [-0.1, -0.05) is 30.3 Å². The van der Waals surface area contributed by atoms with E-state index in [-0.39, 0.29) is 0 Å². The fraction of sp³-hybridized carbons (Fsp3) is 0.538. The molecule has 0 bridgehead atoms. The van der Waals surface area contributed by atoms with Crippen LogP contribution in [0.15, 0.2) is 30.3 Å². The Morgan fingerprint density at radius 2 is 1.69 bits per heavy atom. The second-order valence-corrected chi connectivity index (χ2v) is 3.73. The van der Waals surface area contributed by atoms with Gasteiger partial charge in [0.25, 0.3) is 0 Å². The van der Waals surface area contributed by atoms with Gasteiger partial charge in [0.15, 0.2) is 0 Å². The van der Waals surface area contributed by atoms with Crippen LogP contribution in [-0.4, -0.2) is 43.4 Å². The van der Waals surface area contributed by atoms with Gasteiger partial charge < -0.3 is 9.84 Å². The number of rotatable bonds is 2. The molecule has 1 aliphatic rings. The van der Waals surface area contributed by atoms with Crippen LogP contribution in [0.1, 0.15) is 18.5 Å². The topological polar surface area (TPSA) is 32.7 Å². The van der Waals surface area contributed by atoms with Gasteiger partial charge in [-0.2, -0.15) is 0 Å². The van der Waals surface area contributed by atoms with Gasteiger partial charge in [-0.3, -0.25) is 4.90 Å². The number of benzene rings is 1. The Morgan fingerprint density at radius 3 is 2.25 bits per heavy atom. The highest BCUT2D eigenvalue weighted by atomic mass is 16.5. The third-order valence-corrected chi connectivity index (χ3v) is 2.88. The first-order valence-electron chi connectivity index (χ1n) is 5.69. The Bertz CT molecular complexity index is 271. The SMILES string of the molecule is CO.C[C@@H](c1ccccc1)N1CCOCC1. The fourth-order valence-electron chi connectivity index (χ4n) is 1.91. The fourth-order valence-corrected chi connectivity index (χ4v) is 1.91. The lowest BCUT2D eigenvalue weighted by molar-refractivity contribution is 0.0198. The molecule has 0 aliphatic carbocycles. The normalized spacial score (nSPS) is 18.4. The highest BCUT2D eigenvalue weighted by molar-refractivity contribution is 5.18. The van der Waals surface area contributed by atoms with Crippen LogP contribution in [0.5, 0.6) is 0 Å². The largest absolute Gasteiger partial charge is 0.400 e. The Hall–Kier alpha value is -0.900. The maximum atomic E-state index is 7.00. The molecular weight excluding hydrogens is 202 g/mol. The van der Waals surface area contributed by atoms with Crippen LogP contribution in [0.4, 0.5) is 0 Å². The van der Waals surface area contributed by atoms with Crippen molar-refractivity contribution in [2.45, 2.75) is 13.0 Å². The molecule has 1 saturated heterocycles. The number of ether oxygens (including phenoxy) is 1. The number of hydrogen-bond acceptors (Lipinski definition) is 3. The van der Waals surface area contributed by atoms with Crippen LogP contribution in [0.3, 0.4) is 0 Å². The average molecular weight is 223 g/mol. The van der Waals surface area contributed by atoms with Gasteiger partial charge in [-0.05, 0) is 12.5 Å². The zero-order chi connectivity index (χ0) is 11.8. The molecule has 0 spiro atoms. The van der Waals surface area contributed by atoms with Crippen molar-refractivity contribution < 1.29 is 9.84 Å². The number of aliphatic hydroxyl groups is 1. The minimum atomic E-state index is 0.514. The summed E-state index contributed by atoms with van der Waals surface area (Å²) in [4.78, 5) is 2.47. The van der Waals surface area contributed by atoms with E-state index in [1.165, 1.54) is 5.56 Å². The van der Waals surface area contributed by atoms with Gasteiger partial charge in [-0.25, -0.2) is 0 Å². The van der Waals surface area contributed by atoms with E-state index in [0.29, 0.717) is 6.04 Å². The molecule has 0 radical (unpaired) electrons. The lowest BCUT2D eigenvalue weighted by Crippen LogP contribution is -2.37. The maximum absolute atomic E-state index is 7.00. The lowest BCUT2D eigenvalue weighted by Gasteiger charge is -2.32. The van der Waals surface area contributed by atoms with E-state index in [1.807, 2.05) is 0 Å². The summed E-state index contributed by atoms with van der Waals surface area (Å²) in [6, 6.07) is 11.2. The van der Waals surface area contributed by atoms with Crippen LogP contribution >= 0.6 is 0 Å². The van der Waals surface area contributed by atoms with Crippen molar-refractivity contribution in [3.8, 4) is 0 Å². The first kappa shape index (κ1) is 13.2. The minimum Gasteiger partial charge on any atom is -0.400 e. The molecule has 1 aromatic rings. The molecule has 0 aromatic heterocycles. The van der Waals surface area contributed by atoms with E-state index >= 15 is 0 Å². The first-order valence-corrected chi connectivity index (χ1v) is 5.69. The molecule has 1 fully saturated rings. The summed E-state index contributed by atoms with van der Waals surface area (Å²) in [5.41, 5.74) is 1.40. The predicted octanol–water partition coefficient (Wildman–Crippen LogP) is 1.69. The molecule has 0 amide bonds. The van der Waals surface area contributed by atoms with Crippen LogP contribution < -0.4 is 0 Å². The first-order chi connectivity index (χ1) is 7.88. The smallest absolute Gasteiger partial charge is 0.0594 e. The molecule has 90 valence electrons. The maximum Gasteiger partial charge on any atom is 0.0594 e. The molecule has 3 nitrogen and oxygen atoms in total. The molecule has 3 heteroatoms. The van der Waals surface area contributed by atoms with Crippen molar-refractivity contribution in [1.29, 1.82) is 0 Å². The van der Waals surface area contributed by atoms with E-state index in [1.54, 1.807) is 0 Å². The van der Waals surface area contributed by atoms with Crippen molar-refractivity contribution in [2.24, 2.45) is 0 Å². The lowest BCUT2D eigenvalue weighted by atomic mass is 10.1. The molecule has 1 N–H and O–H groups in total. The minimum absolute atomic E-state index is 0.514. The van der Waals surface area contributed by atoms with Gasteiger partial charge >= 0.3 is 0 Å². The van der Waals surface area contributed by atoms with Gasteiger partial charge in [0.05, 0.1) is 13.2 Å². The van der Waals surface area contributed by atoms with Gasteiger partial charge in [-0.15, -0.1) is 0 Å². The Balaban J connectivity index is 0.000000606. The average Bonchev–Trinajstić information content (AvgIpc) is 2.42. The Labute approximate surface area is 97.7 Å². The van der Waals surface area contributed by atoms with Crippen molar-refractivity contribution in [1.82, 2.24) is 4.90 Å². The number of nitrogens with zero attached hydrogens (tertiary/aromatic N) is 1. The molecular formula is C13H21NO2. The monoisotopic (exact) mass is 223 g/mol. The summed E-state index contributed by atoms with van der Waals surface area (Å²) in [5, 5.41) is 7.00. The number of morpholine rings is 1. The Morgan fingerprint density at radius 1 is 1.12 bits per heavy atom. The highest BCUT2D eigenvalue weighted by Gasteiger charge is 2.17. The third kappa shape index (κ3) is 3.59. The van der Waals surface area contributed by atoms with Crippen molar-refractivity contribution in [3.63, 3.8) is 0 Å². The van der Waals surface area contributed by atoms with Crippen molar-refractivity contribution in [3.05, 3.63) is 35.9 Å². The quantitative estimate of drug-likeness (QED) is 0.828. The van der Waals surface area contributed by atoms with Gasteiger partial charge in [0.2, 0.25) is 0 Å². The molecule has 0 unspecified atom stereocenters. The molecule has 1 atom stereocenters. The number of hydrogen-bond donors (Lipinski definition) is 1. The molecule has 1 heterocycles. The molecule has 2 rings (SSSR count). The molecule has 1 aliphatic heterocycles. The highest BCUT2D eigenvalue weighted by Crippen LogP contribution is 2.20. The summed E-state index contributed by atoms with van der Waals surface area (Å²) < 4.78 is 5.34. The summed E-state index contributed by atoms with van der Waals surface area (Å²) >= 11 is 0. The second kappa shape index (κ2) is 7.39. The van der Waals surface area contributed by atoms with Crippen LogP contribution in [-0.2, 0) is 4.74 Å². The van der Waals surface area contributed by atoms with Crippen LogP contribution in [0.2, 0.25) is 0 Å². The second-order valence-electron chi connectivity index (χ2n) is 3.73. The van der Waals surface area contributed by atoms with Gasteiger partial charge in [0.1, 0.15) is 0 Å². The predicted molar refractivity (Wildman–Crippen MR) is 65.4 cm³/mol. The number of aliphatic hydroxyl groups excluding tert-OH is 1. The molecule has 1 aromatic carbocycles. The Kier molecular flexibility index (Phi) is 6.08. The van der Waals surface area contributed by atoms with E-state index < -0.39 is 0 Å². The van der Waals surface area contributed by atoms with Crippen LogP contribution in [0.25, 0.3) is 0 Å². The van der Waals surface area contributed by atoms with E-state index in [2.05, 4.69) is 42.2 Å². The summed E-state index contributed by atoms with van der Waals surface area (Å²) in [6.45, 7) is 6.11. The van der Waals surface area contributed by atoms with Crippen molar-refractivity contribution >= 4 is 0 Å². The summed E-state index contributed by atoms with van der Waals surface area (Å²) in [7, 11) is 1.00. The van der Waals surface area contributed by atoms with E-state index in [4.69, 9.17) is 9.84 Å². The third-order valence-electron chi connectivity index (χ3n) is 2.88.